The van der Waals surface area contributed by atoms with E-state index >= 15 is 0 Å². The van der Waals surface area contributed by atoms with Crippen LogP contribution in [0.25, 0.3) is 4.96 Å². The number of nitrogens with zero attached hydrogens (tertiary/aromatic N) is 2. The molecule has 1 N–H and O–H groups in total. The first-order valence-corrected chi connectivity index (χ1v) is 13.4. The predicted octanol–water partition coefficient (Wildman–Crippen LogP) is 5.51. The van der Waals surface area contributed by atoms with Crippen molar-refractivity contribution in [3.8, 4) is 0 Å². The fourth-order valence-corrected chi connectivity index (χ4v) is 8.46. The standard InChI is InChI=1S/C25H27N3O2S2/c1-15-13-32-24-26-19(9-22(29)28(15)24)14-31-21-5-3-2-4-20(21)27-23(30)25-10-16-6-17(11-25)8-18(7-16)12-25/h2-5,9,13,16-18H,6-8,10-12,14H2,1H3,(H,27,30). The van der Waals surface area contributed by atoms with Gasteiger partial charge in [-0.3, -0.25) is 14.0 Å². The number of amides is 1. The molecule has 7 heteroatoms. The minimum Gasteiger partial charge on any atom is -0.325 e. The maximum Gasteiger partial charge on any atom is 0.258 e. The summed E-state index contributed by atoms with van der Waals surface area (Å²) in [6, 6.07) is 9.63. The fourth-order valence-electron chi connectivity index (χ4n) is 6.67. The van der Waals surface area contributed by atoms with E-state index in [4.69, 9.17) is 0 Å². The lowest BCUT2D eigenvalue weighted by molar-refractivity contribution is -0.140. The normalized spacial score (nSPS) is 28.3. The average molecular weight is 466 g/mol. The third kappa shape index (κ3) is 3.50. The molecule has 0 aliphatic heterocycles. The highest BCUT2D eigenvalue weighted by Gasteiger charge is 2.54. The number of hydrogen-bond acceptors (Lipinski definition) is 5. The number of thiazole rings is 1. The Morgan fingerprint density at radius 1 is 1.19 bits per heavy atom. The molecule has 5 nitrogen and oxygen atoms in total. The summed E-state index contributed by atoms with van der Waals surface area (Å²) in [6.07, 6.45) is 7.19. The third-order valence-corrected chi connectivity index (χ3v) is 9.71. The molecule has 0 radical (unpaired) electrons. The summed E-state index contributed by atoms with van der Waals surface area (Å²) >= 11 is 3.11. The molecule has 0 atom stereocenters. The SMILES string of the molecule is Cc1csc2nc(CSc3ccccc3NC(=O)C34CC5CC(CC(C5)C3)C4)cc(=O)n12. The number of carbonyl (C=O) groups is 1. The molecule has 2 heterocycles. The zero-order valence-electron chi connectivity index (χ0n) is 18.2. The number of thioether (sulfide) groups is 1. The first-order chi connectivity index (χ1) is 15.5. The van der Waals surface area contributed by atoms with Gasteiger partial charge >= 0.3 is 0 Å². The minimum atomic E-state index is -0.162. The van der Waals surface area contributed by atoms with Gasteiger partial charge in [0.05, 0.1) is 16.8 Å². The lowest BCUT2D eigenvalue weighted by Gasteiger charge is -2.55. The van der Waals surface area contributed by atoms with Crippen molar-refractivity contribution in [1.82, 2.24) is 9.38 Å². The Hall–Kier alpha value is -2.12. The van der Waals surface area contributed by atoms with E-state index in [1.165, 1.54) is 30.6 Å². The Kier molecular flexibility index (Phi) is 4.95. The Labute approximate surface area is 195 Å². The van der Waals surface area contributed by atoms with Crippen LogP contribution in [0.4, 0.5) is 5.69 Å². The highest BCUT2D eigenvalue weighted by molar-refractivity contribution is 7.98. The van der Waals surface area contributed by atoms with Gasteiger partial charge in [-0.2, -0.15) is 0 Å². The summed E-state index contributed by atoms with van der Waals surface area (Å²) in [6.45, 7) is 1.92. The van der Waals surface area contributed by atoms with Crippen molar-refractivity contribution >= 4 is 39.7 Å². The van der Waals surface area contributed by atoms with E-state index in [1.54, 1.807) is 22.2 Å². The number of aryl methyl sites for hydroxylation is 1. The van der Waals surface area contributed by atoms with Gasteiger partial charge in [-0.1, -0.05) is 12.1 Å². The van der Waals surface area contributed by atoms with Crippen LogP contribution in [-0.4, -0.2) is 15.3 Å². The van der Waals surface area contributed by atoms with Gasteiger partial charge in [-0.25, -0.2) is 4.98 Å². The maximum absolute atomic E-state index is 13.5. The molecule has 4 saturated carbocycles. The summed E-state index contributed by atoms with van der Waals surface area (Å²) in [5, 5.41) is 5.26. The first-order valence-electron chi connectivity index (χ1n) is 11.5. The number of nitrogens with one attached hydrogen (secondary N) is 1. The second kappa shape index (κ2) is 7.73. The van der Waals surface area contributed by atoms with Gasteiger partial charge in [0, 0.05) is 27.8 Å². The topological polar surface area (TPSA) is 63.5 Å². The highest BCUT2D eigenvalue weighted by atomic mass is 32.2. The zero-order valence-corrected chi connectivity index (χ0v) is 19.8. The van der Waals surface area contributed by atoms with Crippen LogP contribution in [0.5, 0.6) is 0 Å². The van der Waals surface area contributed by atoms with Gasteiger partial charge in [0.15, 0.2) is 4.96 Å². The van der Waals surface area contributed by atoms with Gasteiger partial charge in [-0.15, -0.1) is 23.1 Å². The Morgan fingerprint density at radius 3 is 2.59 bits per heavy atom. The largest absolute Gasteiger partial charge is 0.325 e. The molecule has 4 aliphatic rings. The molecule has 2 aromatic heterocycles. The lowest BCUT2D eigenvalue weighted by atomic mass is 9.49. The number of rotatable bonds is 5. The van der Waals surface area contributed by atoms with Crippen LogP contribution in [0.1, 0.15) is 49.9 Å². The smallest absolute Gasteiger partial charge is 0.258 e. The van der Waals surface area contributed by atoms with Crippen molar-refractivity contribution < 1.29 is 4.79 Å². The minimum absolute atomic E-state index is 0.0345. The molecule has 166 valence electrons. The number of anilines is 1. The van der Waals surface area contributed by atoms with Gasteiger partial charge in [-0.05, 0) is 75.3 Å². The monoisotopic (exact) mass is 465 g/mol. The number of carbonyl (C=O) groups excluding carboxylic acids is 1. The van der Waals surface area contributed by atoms with E-state index in [-0.39, 0.29) is 16.9 Å². The molecule has 1 aromatic carbocycles. The number of para-hydroxylation sites is 1. The van der Waals surface area contributed by atoms with E-state index in [0.29, 0.717) is 5.75 Å². The van der Waals surface area contributed by atoms with E-state index in [2.05, 4.69) is 10.3 Å². The van der Waals surface area contributed by atoms with E-state index in [0.717, 1.165) is 63.9 Å². The number of hydrogen-bond donors (Lipinski definition) is 1. The molecule has 1 amide bonds. The summed E-state index contributed by atoms with van der Waals surface area (Å²) in [4.78, 5) is 32.4. The molecule has 4 aliphatic carbocycles. The Bertz CT molecular complexity index is 1230. The summed E-state index contributed by atoms with van der Waals surface area (Å²) in [5.41, 5.74) is 2.37. The second-order valence-electron chi connectivity index (χ2n) is 10.0. The van der Waals surface area contributed by atoms with Crippen LogP contribution in [0.3, 0.4) is 0 Å². The van der Waals surface area contributed by atoms with Crippen molar-refractivity contribution in [1.29, 1.82) is 0 Å². The molecule has 3 aromatic rings. The van der Waals surface area contributed by atoms with Crippen LogP contribution < -0.4 is 10.9 Å². The molecule has 4 bridgehead atoms. The lowest BCUT2D eigenvalue weighted by Crippen LogP contribution is -2.51. The number of fused-ring (bicyclic) bond motifs is 1. The average Bonchev–Trinajstić information content (AvgIpc) is 3.13. The molecule has 4 fully saturated rings. The summed E-state index contributed by atoms with van der Waals surface area (Å²) in [5.74, 6) is 3.05. The van der Waals surface area contributed by atoms with Crippen LogP contribution in [0, 0.1) is 30.1 Å². The summed E-state index contributed by atoms with van der Waals surface area (Å²) < 4.78 is 1.65. The molecule has 32 heavy (non-hydrogen) atoms. The van der Waals surface area contributed by atoms with Gasteiger partial charge in [0.25, 0.3) is 5.56 Å². The predicted molar refractivity (Wildman–Crippen MR) is 129 cm³/mol. The Balaban J connectivity index is 1.20. The van der Waals surface area contributed by atoms with Crippen LogP contribution >= 0.6 is 23.1 Å². The summed E-state index contributed by atoms with van der Waals surface area (Å²) in [7, 11) is 0. The van der Waals surface area contributed by atoms with E-state index < -0.39 is 0 Å². The second-order valence-corrected chi connectivity index (χ2v) is 11.9. The zero-order chi connectivity index (χ0) is 21.9. The first kappa shape index (κ1) is 20.5. The third-order valence-electron chi connectivity index (χ3n) is 7.66. The molecule has 7 rings (SSSR count). The van der Waals surface area contributed by atoms with E-state index in [9.17, 15) is 9.59 Å². The van der Waals surface area contributed by atoms with Gasteiger partial charge in [0.2, 0.25) is 5.91 Å². The molecule has 0 spiro atoms. The van der Waals surface area contributed by atoms with Crippen molar-refractivity contribution in [2.75, 3.05) is 5.32 Å². The molecule has 0 saturated heterocycles. The molecular weight excluding hydrogens is 438 g/mol. The Morgan fingerprint density at radius 2 is 1.88 bits per heavy atom. The van der Waals surface area contributed by atoms with Crippen molar-refractivity contribution in [3.05, 3.63) is 57.5 Å². The van der Waals surface area contributed by atoms with Crippen LogP contribution in [0.2, 0.25) is 0 Å². The number of aromatic nitrogens is 2. The van der Waals surface area contributed by atoms with Crippen molar-refractivity contribution in [3.63, 3.8) is 0 Å². The van der Waals surface area contributed by atoms with Crippen molar-refractivity contribution in [2.24, 2.45) is 23.2 Å². The molecule has 0 unspecified atom stereocenters. The van der Waals surface area contributed by atoms with E-state index in [1.807, 2.05) is 36.6 Å². The van der Waals surface area contributed by atoms with Crippen LogP contribution in [-0.2, 0) is 10.5 Å². The quantitative estimate of drug-likeness (QED) is 0.505. The molecular formula is C25H27N3O2S2. The fraction of sp³-hybridized carbons (Fsp3) is 0.480. The highest BCUT2D eigenvalue weighted by Crippen LogP contribution is 2.60. The maximum atomic E-state index is 13.5. The van der Waals surface area contributed by atoms with Crippen molar-refractivity contribution in [2.45, 2.75) is 56.1 Å². The van der Waals surface area contributed by atoms with Gasteiger partial charge < -0.3 is 5.32 Å². The van der Waals surface area contributed by atoms with Crippen LogP contribution in [0.15, 0.2) is 45.4 Å². The van der Waals surface area contributed by atoms with Gasteiger partial charge in [0.1, 0.15) is 0 Å². The number of benzene rings is 1.